The van der Waals surface area contributed by atoms with Gasteiger partial charge >= 0.3 is 0 Å². The predicted molar refractivity (Wildman–Crippen MR) is 112 cm³/mol. The number of rotatable bonds is 3. The Kier molecular flexibility index (Phi) is 2.93. The molecule has 0 fully saturated rings. The normalized spacial score (nSPS) is 12.3. The number of H-pyrrole nitrogens is 2. The van der Waals surface area contributed by atoms with Crippen LogP contribution in [-0.2, 0) is 6.54 Å². The van der Waals surface area contributed by atoms with Gasteiger partial charge in [0.15, 0.2) is 0 Å². The number of aromatic amines is 2. The van der Waals surface area contributed by atoms with Crippen LogP contribution in [0.4, 0.5) is 0 Å². The van der Waals surface area contributed by atoms with Crippen LogP contribution in [0.2, 0.25) is 0 Å². The Bertz CT molecular complexity index is 1460. The van der Waals surface area contributed by atoms with Gasteiger partial charge in [-0.2, -0.15) is 0 Å². The summed E-state index contributed by atoms with van der Waals surface area (Å²) in [4.78, 5) is 5.05. The number of benzene rings is 3. The van der Waals surface area contributed by atoms with E-state index in [1.165, 1.54) is 38.0 Å². The van der Waals surface area contributed by atoms with Gasteiger partial charge in [-0.15, -0.1) is 0 Å². The van der Waals surface area contributed by atoms with Gasteiger partial charge in [-0.05, 0) is 25.1 Å². The van der Waals surface area contributed by atoms with E-state index in [4.69, 9.17) is 10.7 Å². The van der Waals surface area contributed by atoms with Crippen LogP contribution in [-0.4, -0.2) is 26.3 Å². The molecule has 4 N–H and O–H groups in total. The fraction of sp³-hybridized carbons (Fsp3) is 0.136. The monoisotopic (exact) mass is 353 g/mol. The number of fused-ring (bicyclic) bond motifs is 10. The van der Waals surface area contributed by atoms with Crippen molar-refractivity contribution in [2.45, 2.75) is 13.0 Å². The van der Waals surface area contributed by atoms with Crippen molar-refractivity contribution in [1.29, 1.82) is 0 Å². The van der Waals surface area contributed by atoms with E-state index >= 15 is 0 Å². The molecule has 5 nitrogen and oxygen atoms in total. The van der Waals surface area contributed by atoms with Gasteiger partial charge in [-0.3, -0.25) is 0 Å². The predicted octanol–water partition coefficient (Wildman–Crippen LogP) is 4.65. The second kappa shape index (κ2) is 5.34. The highest BCUT2D eigenvalue weighted by Gasteiger charge is 2.21. The summed E-state index contributed by atoms with van der Waals surface area (Å²) in [6.45, 7) is 1.56. The molecule has 0 bridgehead atoms. The van der Waals surface area contributed by atoms with Gasteiger partial charge in [0.05, 0.1) is 22.1 Å². The van der Waals surface area contributed by atoms with Crippen LogP contribution in [0, 0.1) is 0 Å². The molecule has 0 saturated carbocycles. The Morgan fingerprint density at radius 2 is 1.74 bits per heavy atom. The minimum atomic E-state index is 0.674. The van der Waals surface area contributed by atoms with E-state index in [9.17, 15) is 0 Å². The molecule has 3 aromatic carbocycles. The number of hydrogen-bond acceptors (Lipinski definition) is 2. The van der Waals surface area contributed by atoms with Crippen LogP contribution in [0.1, 0.15) is 6.42 Å². The third-order valence-electron chi connectivity index (χ3n) is 5.63. The first-order valence-corrected chi connectivity index (χ1v) is 9.35. The number of aryl methyl sites for hydroxylation is 1. The van der Waals surface area contributed by atoms with Crippen molar-refractivity contribution in [2.75, 3.05) is 6.54 Å². The van der Waals surface area contributed by atoms with Gasteiger partial charge < -0.3 is 20.5 Å². The van der Waals surface area contributed by atoms with Gasteiger partial charge in [0.25, 0.3) is 0 Å². The maximum absolute atomic E-state index is 5.84. The molecule has 0 aliphatic carbocycles. The number of hydrogen-bond donors (Lipinski definition) is 3. The molecule has 0 amide bonds. The molecular formula is C22H19N5. The molecule has 0 spiro atoms. The molecule has 3 aromatic heterocycles. The van der Waals surface area contributed by atoms with E-state index in [1.807, 2.05) is 6.07 Å². The molecule has 0 unspecified atom stereocenters. The van der Waals surface area contributed by atoms with E-state index < -0.39 is 0 Å². The van der Waals surface area contributed by atoms with Gasteiger partial charge in [0, 0.05) is 45.2 Å². The molecule has 0 atom stereocenters. The summed E-state index contributed by atoms with van der Waals surface area (Å²) in [5.74, 6) is 0. The fourth-order valence-corrected chi connectivity index (χ4v) is 4.53. The Balaban J connectivity index is 1.96. The third-order valence-corrected chi connectivity index (χ3v) is 5.63. The lowest BCUT2D eigenvalue weighted by Gasteiger charge is -2.07. The van der Waals surface area contributed by atoms with Crippen LogP contribution >= 0.6 is 0 Å². The number of nitrogens with zero attached hydrogens (tertiary/aromatic N) is 2. The van der Waals surface area contributed by atoms with Crippen molar-refractivity contribution in [3.8, 4) is 0 Å². The fourth-order valence-electron chi connectivity index (χ4n) is 4.53. The molecule has 132 valence electrons. The van der Waals surface area contributed by atoms with Crippen molar-refractivity contribution in [3.63, 3.8) is 0 Å². The first kappa shape index (κ1) is 14.8. The van der Waals surface area contributed by atoms with Crippen LogP contribution in [0.5, 0.6) is 0 Å². The standard InChI is InChI=1S/C22H19N5/c23-10-5-11-27-17-9-4-2-7-14(17)18-15-12-24-26-20(15)19-13-6-1-3-8-16(13)25-21(19)22(18)27/h1-4,6-9,12,24,26H,5,10-11,23H2. The topological polar surface area (TPSA) is 75.4 Å². The van der Waals surface area contributed by atoms with Crippen molar-refractivity contribution in [1.82, 2.24) is 19.7 Å². The summed E-state index contributed by atoms with van der Waals surface area (Å²) in [7, 11) is 0. The summed E-state index contributed by atoms with van der Waals surface area (Å²) < 4.78 is 2.40. The molecule has 3 heterocycles. The summed E-state index contributed by atoms with van der Waals surface area (Å²) in [6, 6.07) is 17.0. The van der Waals surface area contributed by atoms with Gasteiger partial charge in [0.1, 0.15) is 0 Å². The summed E-state index contributed by atoms with van der Waals surface area (Å²) >= 11 is 0. The van der Waals surface area contributed by atoms with Crippen LogP contribution in [0.3, 0.4) is 0 Å². The highest BCUT2D eigenvalue weighted by molar-refractivity contribution is 6.34. The number of aromatic nitrogens is 4. The molecule has 5 heteroatoms. The smallest absolute Gasteiger partial charge is 0.0981 e. The molecule has 0 radical (unpaired) electrons. The lowest BCUT2D eigenvalue weighted by Crippen LogP contribution is -2.05. The lowest BCUT2D eigenvalue weighted by atomic mass is 10.0. The van der Waals surface area contributed by atoms with Crippen molar-refractivity contribution < 1.29 is 0 Å². The highest BCUT2D eigenvalue weighted by atomic mass is 15.1. The van der Waals surface area contributed by atoms with Crippen molar-refractivity contribution >= 4 is 54.5 Å². The molecular weight excluding hydrogens is 334 g/mol. The van der Waals surface area contributed by atoms with E-state index in [0.29, 0.717) is 6.54 Å². The van der Waals surface area contributed by atoms with E-state index in [1.54, 1.807) is 0 Å². The zero-order valence-corrected chi connectivity index (χ0v) is 14.8. The number of nitrogens with one attached hydrogen (secondary N) is 2. The minimum Gasteiger partial charge on any atom is -0.339 e. The average molecular weight is 353 g/mol. The van der Waals surface area contributed by atoms with Gasteiger partial charge in [-0.1, -0.05) is 36.4 Å². The van der Waals surface area contributed by atoms with Crippen LogP contribution in [0.15, 0.2) is 54.7 Å². The molecule has 6 rings (SSSR count). The highest BCUT2D eigenvalue weighted by Crippen LogP contribution is 2.42. The van der Waals surface area contributed by atoms with Gasteiger partial charge in [-0.25, -0.2) is 4.98 Å². The largest absolute Gasteiger partial charge is 0.339 e. The summed E-state index contributed by atoms with van der Waals surface area (Å²) in [5.41, 5.74) is 11.5. The Morgan fingerprint density at radius 1 is 0.926 bits per heavy atom. The van der Waals surface area contributed by atoms with E-state index in [0.717, 1.165) is 29.5 Å². The SMILES string of the molecule is NCCCn1c2ccccc2c2c3c[nH][nH]c3c3c4ccccc4nc3c21. The third kappa shape index (κ3) is 1.84. The lowest BCUT2D eigenvalue weighted by molar-refractivity contribution is 0.688. The van der Waals surface area contributed by atoms with Crippen molar-refractivity contribution in [3.05, 3.63) is 54.7 Å². The number of para-hydroxylation sites is 2. The maximum atomic E-state index is 5.84. The average Bonchev–Trinajstić information content (AvgIpc) is 3.39. The second-order valence-electron chi connectivity index (χ2n) is 7.09. The summed E-state index contributed by atoms with van der Waals surface area (Å²) in [5, 5.41) is 12.7. The number of nitrogens with two attached hydrogens (primary N) is 1. The first-order chi connectivity index (χ1) is 13.4. The van der Waals surface area contributed by atoms with Crippen molar-refractivity contribution in [2.24, 2.45) is 5.73 Å². The Labute approximate surface area is 154 Å². The molecule has 0 aliphatic heterocycles. The Hall–Kier alpha value is -3.31. The van der Waals surface area contributed by atoms with E-state index in [2.05, 4.69) is 63.4 Å². The zero-order valence-electron chi connectivity index (χ0n) is 14.8. The maximum Gasteiger partial charge on any atom is 0.0981 e. The van der Waals surface area contributed by atoms with Crippen LogP contribution in [0.25, 0.3) is 54.5 Å². The first-order valence-electron chi connectivity index (χ1n) is 9.35. The second-order valence-corrected chi connectivity index (χ2v) is 7.09. The van der Waals surface area contributed by atoms with Gasteiger partial charge in [0.2, 0.25) is 0 Å². The van der Waals surface area contributed by atoms with Crippen LogP contribution < -0.4 is 5.73 Å². The minimum absolute atomic E-state index is 0.674. The molecule has 0 aliphatic rings. The zero-order chi connectivity index (χ0) is 18.0. The molecule has 0 saturated heterocycles. The van der Waals surface area contributed by atoms with E-state index in [-0.39, 0.29) is 0 Å². The molecule has 27 heavy (non-hydrogen) atoms. The Morgan fingerprint density at radius 3 is 2.63 bits per heavy atom. The molecule has 6 aromatic rings. The quantitative estimate of drug-likeness (QED) is 0.433. The summed E-state index contributed by atoms with van der Waals surface area (Å²) in [6.07, 6.45) is 3.01.